The van der Waals surface area contributed by atoms with Crippen LogP contribution < -0.4 is 10.6 Å². The molecule has 4 nitrogen and oxygen atoms in total. The Kier molecular flexibility index (Phi) is 8.06. The van der Waals surface area contributed by atoms with Gasteiger partial charge in [0, 0.05) is 35.8 Å². The van der Waals surface area contributed by atoms with Gasteiger partial charge < -0.3 is 15.5 Å². The Bertz CT molecular complexity index is 484. The fourth-order valence-electron chi connectivity index (χ4n) is 2.60. The lowest BCUT2D eigenvalue weighted by molar-refractivity contribution is 0.220. The zero-order valence-electron chi connectivity index (χ0n) is 14.0. The molecule has 0 bridgehead atoms. The lowest BCUT2D eigenvalue weighted by atomic mass is 9.97. The molecular formula is C17H27ClN4S. The molecule has 0 amide bonds. The number of nitrogens with one attached hydrogen (secondary N) is 2. The van der Waals surface area contributed by atoms with Crippen LogP contribution in [0.3, 0.4) is 0 Å². The van der Waals surface area contributed by atoms with Crippen LogP contribution in [0.25, 0.3) is 0 Å². The maximum Gasteiger partial charge on any atom is 0.191 e. The van der Waals surface area contributed by atoms with Gasteiger partial charge in [0.1, 0.15) is 0 Å². The van der Waals surface area contributed by atoms with E-state index < -0.39 is 0 Å². The van der Waals surface area contributed by atoms with Crippen LogP contribution in [-0.4, -0.2) is 56.9 Å². The highest BCUT2D eigenvalue weighted by Crippen LogP contribution is 2.19. The molecule has 0 spiro atoms. The van der Waals surface area contributed by atoms with Crippen molar-refractivity contribution in [3.05, 3.63) is 29.3 Å². The van der Waals surface area contributed by atoms with Crippen molar-refractivity contribution in [2.24, 2.45) is 10.9 Å². The molecule has 0 aliphatic carbocycles. The molecule has 128 valence electrons. The Morgan fingerprint density at radius 1 is 1.26 bits per heavy atom. The van der Waals surface area contributed by atoms with Crippen LogP contribution in [0.15, 0.2) is 34.2 Å². The molecule has 1 aromatic carbocycles. The summed E-state index contributed by atoms with van der Waals surface area (Å²) in [4.78, 5) is 7.94. The van der Waals surface area contributed by atoms with Gasteiger partial charge in [-0.3, -0.25) is 4.99 Å². The maximum absolute atomic E-state index is 5.89. The molecule has 1 saturated heterocycles. The highest BCUT2D eigenvalue weighted by atomic mass is 35.5. The third kappa shape index (κ3) is 7.02. The Balaban J connectivity index is 1.60. The molecule has 2 N–H and O–H groups in total. The highest BCUT2D eigenvalue weighted by Gasteiger charge is 2.16. The number of likely N-dealkylation sites (tertiary alicyclic amines) is 1. The summed E-state index contributed by atoms with van der Waals surface area (Å²) >= 11 is 7.71. The van der Waals surface area contributed by atoms with Gasteiger partial charge in [-0.05, 0) is 63.2 Å². The predicted molar refractivity (Wildman–Crippen MR) is 102 cm³/mol. The van der Waals surface area contributed by atoms with Gasteiger partial charge in [0.05, 0.1) is 0 Å². The second-order valence-electron chi connectivity index (χ2n) is 5.93. The molecule has 1 aliphatic rings. The molecule has 0 radical (unpaired) electrons. The van der Waals surface area contributed by atoms with Gasteiger partial charge in [-0.25, -0.2) is 0 Å². The van der Waals surface area contributed by atoms with E-state index in [1.807, 2.05) is 30.9 Å². The summed E-state index contributed by atoms with van der Waals surface area (Å²) in [7, 11) is 4.03. The first kappa shape index (κ1) is 18.4. The largest absolute Gasteiger partial charge is 0.356 e. The first-order valence-corrected chi connectivity index (χ1v) is 9.55. The van der Waals surface area contributed by atoms with E-state index in [4.69, 9.17) is 11.6 Å². The SMILES string of the molecule is CN=C(NCCSc1ccc(Cl)cc1)NCC1CCN(C)CC1. The third-order valence-electron chi connectivity index (χ3n) is 4.10. The van der Waals surface area contributed by atoms with E-state index in [-0.39, 0.29) is 0 Å². The van der Waals surface area contributed by atoms with Crippen molar-refractivity contribution < 1.29 is 0 Å². The van der Waals surface area contributed by atoms with Crippen LogP contribution in [-0.2, 0) is 0 Å². The van der Waals surface area contributed by atoms with Crippen molar-refractivity contribution in [1.29, 1.82) is 0 Å². The van der Waals surface area contributed by atoms with Crippen LogP contribution in [0, 0.1) is 5.92 Å². The monoisotopic (exact) mass is 354 g/mol. The fourth-order valence-corrected chi connectivity index (χ4v) is 3.49. The van der Waals surface area contributed by atoms with Crippen molar-refractivity contribution >= 4 is 29.3 Å². The van der Waals surface area contributed by atoms with Crippen LogP contribution in [0.1, 0.15) is 12.8 Å². The van der Waals surface area contributed by atoms with Crippen molar-refractivity contribution in [3.63, 3.8) is 0 Å². The zero-order valence-corrected chi connectivity index (χ0v) is 15.6. The van der Waals surface area contributed by atoms with E-state index in [2.05, 4.69) is 39.7 Å². The average Bonchev–Trinajstić information content (AvgIpc) is 2.57. The number of benzene rings is 1. The average molecular weight is 355 g/mol. The van der Waals surface area contributed by atoms with Gasteiger partial charge in [0.2, 0.25) is 0 Å². The Morgan fingerprint density at radius 2 is 1.96 bits per heavy atom. The third-order valence-corrected chi connectivity index (χ3v) is 5.36. The Morgan fingerprint density at radius 3 is 2.61 bits per heavy atom. The quantitative estimate of drug-likeness (QED) is 0.356. The van der Waals surface area contributed by atoms with Crippen LogP contribution in [0.2, 0.25) is 5.02 Å². The van der Waals surface area contributed by atoms with E-state index in [1.54, 1.807) is 0 Å². The molecule has 1 aliphatic heterocycles. The van der Waals surface area contributed by atoms with Crippen LogP contribution in [0.5, 0.6) is 0 Å². The lowest BCUT2D eigenvalue weighted by Gasteiger charge is -2.29. The standard InChI is InChI=1S/C17H27ClN4S/c1-19-17(21-13-14-7-10-22(2)11-8-14)20-9-12-23-16-5-3-15(18)4-6-16/h3-6,14H,7-13H2,1-2H3,(H2,19,20,21). The van der Waals surface area contributed by atoms with E-state index in [1.165, 1.54) is 30.8 Å². The minimum atomic E-state index is 0.758. The number of hydrogen-bond donors (Lipinski definition) is 2. The number of halogens is 1. The molecule has 23 heavy (non-hydrogen) atoms. The summed E-state index contributed by atoms with van der Waals surface area (Å²) in [6.45, 7) is 4.31. The molecule has 2 rings (SSSR count). The normalized spacial score (nSPS) is 17.3. The van der Waals surface area contributed by atoms with Gasteiger partial charge >= 0.3 is 0 Å². The zero-order chi connectivity index (χ0) is 16.5. The summed E-state index contributed by atoms with van der Waals surface area (Å²) in [6, 6.07) is 7.97. The Labute approximate surface area is 149 Å². The highest BCUT2D eigenvalue weighted by molar-refractivity contribution is 7.99. The predicted octanol–water partition coefficient (Wildman–Crippen LogP) is 2.94. The number of nitrogens with zero attached hydrogens (tertiary/aromatic N) is 2. The summed E-state index contributed by atoms with van der Waals surface area (Å²) in [5.41, 5.74) is 0. The van der Waals surface area contributed by atoms with E-state index in [0.29, 0.717) is 0 Å². The van der Waals surface area contributed by atoms with Crippen molar-refractivity contribution in [2.75, 3.05) is 46.0 Å². The molecule has 0 saturated carbocycles. The van der Waals surface area contributed by atoms with Gasteiger partial charge in [0.25, 0.3) is 0 Å². The van der Waals surface area contributed by atoms with E-state index in [9.17, 15) is 0 Å². The summed E-state index contributed by atoms with van der Waals surface area (Å²) in [5.74, 6) is 2.66. The molecule has 6 heteroatoms. The number of rotatable bonds is 6. The van der Waals surface area contributed by atoms with Crippen LogP contribution in [0.4, 0.5) is 0 Å². The molecule has 1 aromatic rings. The molecule has 0 aromatic heterocycles. The number of guanidine groups is 1. The molecular weight excluding hydrogens is 328 g/mol. The summed E-state index contributed by atoms with van der Waals surface area (Å²) in [5, 5.41) is 7.62. The molecule has 1 fully saturated rings. The minimum absolute atomic E-state index is 0.758. The van der Waals surface area contributed by atoms with Crippen LogP contribution >= 0.6 is 23.4 Å². The van der Waals surface area contributed by atoms with Gasteiger partial charge in [-0.15, -0.1) is 11.8 Å². The first-order chi connectivity index (χ1) is 11.2. The van der Waals surface area contributed by atoms with Crippen molar-refractivity contribution in [3.8, 4) is 0 Å². The van der Waals surface area contributed by atoms with Gasteiger partial charge in [-0.1, -0.05) is 11.6 Å². The second kappa shape index (κ2) is 10.1. The number of aliphatic imine (C=N–C) groups is 1. The minimum Gasteiger partial charge on any atom is -0.356 e. The lowest BCUT2D eigenvalue weighted by Crippen LogP contribution is -2.42. The summed E-state index contributed by atoms with van der Waals surface area (Å²) < 4.78 is 0. The first-order valence-electron chi connectivity index (χ1n) is 8.19. The second-order valence-corrected chi connectivity index (χ2v) is 7.53. The number of thioether (sulfide) groups is 1. The van der Waals surface area contributed by atoms with Crippen molar-refractivity contribution in [1.82, 2.24) is 15.5 Å². The molecule has 0 unspecified atom stereocenters. The maximum atomic E-state index is 5.89. The van der Waals surface area contributed by atoms with Crippen molar-refractivity contribution in [2.45, 2.75) is 17.7 Å². The molecule has 0 atom stereocenters. The number of piperidine rings is 1. The summed E-state index contributed by atoms with van der Waals surface area (Å²) in [6.07, 6.45) is 2.54. The smallest absolute Gasteiger partial charge is 0.191 e. The molecule has 1 heterocycles. The Hall–Kier alpha value is -0.910. The van der Waals surface area contributed by atoms with Gasteiger partial charge in [-0.2, -0.15) is 0 Å². The van der Waals surface area contributed by atoms with E-state index in [0.717, 1.165) is 35.7 Å². The topological polar surface area (TPSA) is 39.7 Å². The van der Waals surface area contributed by atoms with E-state index >= 15 is 0 Å². The number of hydrogen-bond acceptors (Lipinski definition) is 3. The van der Waals surface area contributed by atoms with Gasteiger partial charge in [0.15, 0.2) is 5.96 Å². The fraction of sp³-hybridized carbons (Fsp3) is 0.588.